The molecular weight excluding hydrogens is 508 g/mol. The van der Waals surface area contributed by atoms with Crippen molar-refractivity contribution in [1.82, 2.24) is 5.32 Å². The van der Waals surface area contributed by atoms with Crippen LogP contribution in [0.3, 0.4) is 0 Å². The van der Waals surface area contributed by atoms with Crippen molar-refractivity contribution in [2.45, 2.75) is 36.8 Å². The van der Waals surface area contributed by atoms with Gasteiger partial charge in [-0.05, 0) is 56.3 Å². The highest BCUT2D eigenvalue weighted by molar-refractivity contribution is 7.92. The molecule has 2 heterocycles. The van der Waals surface area contributed by atoms with Crippen LogP contribution >= 0.6 is 0 Å². The van der Waals surface area contributed by atoms with Crippen molar-refractivity contribution in [3.8, 4) is 23.0 Å². The summed E-state index contributed by atoms with van der Waals surface area (Å²) in [6.45, 7) is 4.22. The highest BCUT2D eigenvalue weighted by Gasteiger charge is 2.36. The van der Waals surface area contributed by atoms with Crippen molar-refractivity contribution < 1.29 is 32.2 Å². The third-order valence-corrected chi connectivity index (χ3v) is 8.23. The molecule has 0 aliphatic carbocycles. The Labute approximate surface area is 222 Å². The molecule has 0 saturated heterocycles. The molecule has 3 aromatic carbocycles. The number of amides is 1. The Morgan fingerprint density at radius 3 is 2.45 bits per heavy atom. The molecule has 2 aliphatic heterocycles. The number of sulfonamides is 1. The Bertz CT molecular complexity index is 1440. The molecule has 0 saturated carbocycles. The molecule has 0 spiro atoms. The number of fused-ring (bicyclic) bond motifs is 2. The van der Waals surface area contributed by atoms with E-state index in [-0.39, 0.29) is 4.90 Å². The van der Waals surface area contributed by atoms with E-state index in [0.29, 0.717) is 48.3 Å². The second-order valence-corrected chi connectivity index (χ2v) is 11.6. The van der Waals surface area contributed by atoms with E-state index in [4.69, 9.17) is 18.9 Å². The number of anilines is 1. The van der Waals surface area contributed by atoms with Gasteiger partial charge in [0.05, 0.1) is 23.7 Å². The molecule has 0 fully saturated rings. The largest absolute Gasteiger partial charge is 0.497 e. The van der Waals surface area contributed by atoms with Gasteiger partial charge >= 0.3 is 0 Å². The van der Waals surface area contributed by atoms with Crippen LogP contribution in [0, 0.1) is 0 Å². The number of methoxy groups -OCH3 is 1. The van der Waals surface area contributed by atoms with Crippen LogP contribution in [0.5, 0.6) is 23.0 Å². The number of carbonyl (C=O) groups excluding carboxylic acids is 1. The molecule has 5 rings (SSSR count). The van der Waals surface area contributed by atoms with Crippen LogP contribution in [0.4, 0.5) is 5.69 Å². The van der Waals surface area contributed by atoms with Crippen molar-refractivity contribution in [1.29, 1.82) is 0 Å². The average molecular weight is 539 g/mol. The Kier molecular flexibility index (Phi) is 6.83. The minimum Gasteiger partial charge on any atom is -0.497 e. The Morgan fingerprint density at radius 1 is 1.00 bits per heavy atom. The van der Waals surface area contributed by atoms with Crippen LogP contribution in [-0.2, 0) is 14.8 Å². The van der Waals surface area contributed by atoms with Crippen molar-refractivity contribution in [3.05, 3.63) is 72.3 Å². The van der Waals surface area contributed by atoms with Gasteiger partial charge in [-0.25, -0.2) is 8.42 Å². The molecular formula is C28H30N2O7S. The molecule has 0 radical (unpaired) electrons. The first-order valence-corrected chi connectivity index (χ1v) is 13.7. The molecule has 1 amide bonds. The predicted molar refractivity (Wildman–Crippen MR) is 142 cm³/mol. The first-order valence-electron chi connectivity index (χ1n) is 12.3. The van der Waals surface area contributed by atoms with E-state index in [9.17, 15) is 13.2 Å². The summed E-state index contributed by atoms with van der Waals surface area (Å²) in [4.78, 5) is 13.6. The van der Waals surface area contributed by atoms with Gasteiger partial charge in [-0.3, -0.25) is 9.10 Å². The SMILES string of the molecule is COc1ccc2c(c1)C(NC(=O)CN(c1ccc3c(c1)OCCO3)S(=O)(=O)c1ccccc1)CC(C)(C)O2. The van der Waals surface area contributed by atoms with Gasteiger partial charge in [-0.15, -0.1) is 0 Å². The maximum atomic E-state index is 13.8. The zero-order valence-electron chi connectivity index (χ0n) is 21.5. The van der Waals surface area contributed by atoms with Crippen molar-refractivity contribution in [2.75, 3.05) is 31.2 Å². The van der Waals surface area contributed by atoms with Gasteiger partial charge in [0.1, 0.15) is 36.9 Å². The van der Waals surface area contributed by atoms with Gasteiger partial charge in [0.25, 0.3) is 10.0 Å². The monoisotopic (exact) mass is 538 g/mol. The lowest BCUT2D eigenvalue weighted by molar-refractivity contribution is -0.120. The van der Waals surface area contributed by atoms with E-state index in [0.717, 1.165) is 9.87 Å². The number of rotatable bonds is 7. The molecule has 1 N–H and O–H groups in total. The first-order chi connectivity index (χ1) is 18.2. The summed E-state index contributed by atoms with van der Waals surface area (Å²) in [5.74, 6) is 1.77. The highest BCUT2D eigenvalue weighted by Crippen LogP contribution is 2.41. The number of carbonyl (C=O) groups is 1. The van der Waals surface area contributed by atoms with Crippen molar-refractivity contribution >= 4 is 21.6 Å². The lowest BCUT2D eigenvalue weighted by atomic mass is 9.89. The van der Waals surface area contributed by atoms with E-state index in [1.54, 1.807) is 49.6 Å². The summed E-state index contributed by atoms with van der Waals surface area (Å²) in [5, 5.41) is 3.03. The lowest BCUT2D eigenvalue weighted by Crippen LogP contribution is -2.45. The lowest BCUT2D eigenvalue weighted by Gasteiger charge is -2.38. The number of nitrogens with zero attached hydrogens (tertiary/aromatic N) is 1. The average Bonchev–Trinajstić information content (AvgIpc) is 2.91. The summed E-state index contributed by atoms with van der Waals surface area (Å²) in [6.07, 6.45) is 0.494. The molecule has 10 heteroatoms. The maximum absolute atomic E-state index is 13.8. The second-order valence-electron chi connectivity index (χ2n) is 9.74. The van der Waals surface area contributed by atoms with Crippen LogP contribution in [0.25, 0.3) is 0 Å². The van der Waals surface area contributed by atoms with E-state index < -0.39 is 34.1 Å². The van der Waals surface area contributed by atoms with Crippen LogP contribution in [0.2, 0.25) is 0 Å². The zero-order chi connectivity index (χ0) is 26.9. The number of benzene rings is 3. The Hall–Kier alpha value is -3.92. The van der Waals surface area contributed by atoms with Gasteiger partial charge in [0, 0.05) is 18.1 Å². The minimum atomic E-state index is -4.08. The van der Waals surface area contributed by atoms with Crippen LogP contribution in [-0.4, -0.2) is 46.8 Å². The maximum Gasteiger partial charge on any atom is 0.264 e. The van der Waals surface area contributed by atoms with Crippen LogP contribution in [0.1, 0.15) is 31.9 Å². The molecule has 1 atom stereocenters. The minimum absolute atomic E-state index is 0.0740. The van der Waals surface area contributed by atoms with Gasteiger partial charge in [-0.2, -0.15) is 0 Å². The summed E-state index contributed by atoms with van der Waals surface area (Å²) >= 11 is 0. The number of ether oxygens (including phenoxy) is 4. The summed E-state index contributed by atoms with van der Waals surface area (Å²) in [6, 6.07) is 17.9. The van der Waals surface area contributed by atoms with Gasteiger partial charge in [0.15, 0.2) is 11.5 Å². The summed E-state index contributed by atoms with van der Waals surface area (Å²) in [5.41, 5.74) is 0.530. The number of nitrogens with one attached hydrogen (secondary N) is 1. The molecule has 200 valence electrons. The first kappa shape index (κ1) is 25.7. The third-order valence-electron chi connectivity index (χ3n) is 6.44. The normalized spacial score (nSPS) is 17.5. The predicted octanol–water partition coefficient (Wildman–Crippen LogP) is 4.08. The molecule has 1 unspecified atom stereocenters. The topological polar surface area (TPSA) is 103 Å². The third kappa shape index (κ3) is 5.22. The molecule has 3 aromatic rings. The second kappa shape index (κ2) is 10.1. The molecule has 38 heavy (non-hydrogen) atoms. The molecule has 0 aromatic heterocycles. The Balaban J connectivity index is 1.47. The number of hydrogen-bond donors (Lipinski definition) is 1. The number of hydrogen-bond acceptors (Lipinski definition) is 7. The van der Waals surface area contributed by atoms with Gasteiger partial charge in [-0.1, -0.05) is 18.2 Å². The van der Waals surface area contributed by atoms with Crippen LogP contribution < -0.4 is 28.6 Å². The van der Waals surface area contributed by atoms with Gasteiger partial charge < -0.3 is 24.3 Å². The van der Waals surface area contributed by atoms with E-state index in [2.05, 4.69) is 5.32 Å². The molecule has 9 nitrogen and oxygen atoms in total. The highest BCUT2D eigenvalue weighted by atomic mass is 32.2. The Morgan fingerprint density at radius 2 is 1.71 bits per heavy atom. The quantitative estimate of drug-likeness (QED) is 0.484. The van der Waals surface area contributed by atoms with Crippen molar-refractivity contribution in [3.63, 3.8) is 0 Å². The standard InChI is InChI=1S/C28H30N2O7S/c1-28(2)17-23(22-16-20(34-3)10-12-24(22)37-28)29-27(31)18-30(38(32,33)21-7-5-4-6-8-21)19-9-11-25-26(15-19)36-14-13-35-25/h4-12,15-16,23H,13-14,17-18H2,1-3H3,(H,29,31). The zero-order valence-corrected chi connectivity index (χ0v) is 22.3. The van der Waals surface area contributed by atoms with E-state index in [1.807, 2.05) is 26.0 Å². The summed E-state index contributed by atoms with van der Waals surface area (Å²) < 4.78 is 51.3. The van der Waals surface area contributed by atoms with E-state index in [1.165, 1.54) is 12.1 Å². The molecule has 0 bridgehead atoms. The van der Waals surface area contributed by atoms with Crippen molar-refractivity contribution in [2.24, 2.45) is 0 Å². The van der Waals surface area contributed by atoms with Gasteiger partial charge in [0.2, 0.25) is 5.91 Å². The fourth-order valence-corrected chi connectivity index (χ4v) is 6.11. The summed E-state index contributed by atoms with van der Waals surface area (Å²) in [7, 11) is -2.51. The fraction of sp³-hybridized carbons (Fsp3) is 0.321. The fourth-order valence-electron chi connectivity index (χ4n) is 4.68. The van der Waals surface area contributed by atoms with E-state index >= 15 is 0 Å². The molecule has 2 aliphatic rings. The van der Waals surface area contributed by atoms with Crippen LogP contribution in [0.15, 0.2) is 71.6 Å². The smallest absolute Gasteiger partial charge is 0.264 e.